The topological polar surface area (TPSA) is 79.7 Å². The number of fused-ring (bicyclic) bond motifs is 1. The van der Waals surface area contributed by atoms with Crippen molar-refractivity contribution in [2.45, 2.75) is 13.0 Å². The van der Waals surface area contributed by atoms with Crippen molar-refractivity contribution in [3.05, 3.63) is 92.8 Å². The number of thiazole rings is 1. The molecule has 4 aromatic rings. The highest BCUT2D eigenvalue weighted by Crippen LogP contribution is 2.44. The summed E-state index contributed by atoms with van der Waals surface area (Å²) in [5.41, 5.74) is 1.50. The lowest BCUT2D eigenvalue weighted by Crippen LogP contribution is -2.29. The Balaban J connectivity index is 1.68. The molecule has 1 atom stereocenters. The first kappa shape index (κ1) is 23.4. The van der Waals surface area contributed by atoms with E-state index >= 15 is 0 Å². The SMILES string of the molecule is CCOc1ccc(C(O)=C2C(=O)C(=O)N(c3nc4ccc(F)cc4s3)C2c2ccc(I)cc2)cc1. The minimum Gasteiger partial charge on any atom is -0.507 e. The molecule has 176 valence electrons. The molecule has 1 unspecified atom stereocenters. The van der Waals surface area contributed by atoms with Gasteiger partial charge in [-0.25, -0.2) is 9.37 Å². The number of rotatable bonds is 5. The van der Waals surface area contributed by atoms with E-state index in [2.05, 4.69) is 27.6 Å². The fourth-order valence-electron chi connectivity index (χ4n) is 4.01. The third kappa shape index (κ3) is 4.30. The molecule has 6 nitrogen and oxygen atoms in total. The molecule has 0 radical (unpaired) electrons. The molecular weight excluding hydrogens is 582 g/mol. The van der Waals surface area contributed by atoms with Crippen LogP contribution in [0.25, 0.3) is 16.0 Å². The van der Waals surface area contributed by atoms with Crippen LogP contribution in [-0.4, -0.2) is 28.4 Å². The van der Waals surface area contributed by atoms with Crippen molar-refractivity contribution in [1.82, 2.24) is 4.98 Å². The Morgan fingerprint density at radius 2 is 1.83 bits per heavy atom. The van der Waals surface area contributed by atoms with Crippen molar-refractivity contribution in [3.63, 3.8) is 0 Å². The van der Waals surface area contributed by atoms with E-state index in [0.717, 1.165) is 14.9 Å². The van der Waals surface area contributed by atoms with E-state index in [4.69, 9.17) is 4.74 Å². The highest BCUT2D eigenvalue weighted by Gasteiger charge is 2.48. The molecule has 0 spiro atoms. The smallest absolute Gasteiger partial charge is 0.301 e. The van der Waals surface area contributed by atoms with Gasteiger partial charge in [-0.05, 0) is 89.7 Å². The quantitative estimate of drug-likeness (QED) is 0.130. The molecule has 3 aromatic carbocycles. The molecule has 1 aliphatic heterocycles. The number of ether oxygens (including phenoxy) is 1. The van der Waals surface area contributed by atoms with Crippen LogP contribution in [0.3, 0.4) is 0 Å². The number of benzene rings is 3. The number of hydrogen-bond donors (Lipinski definition) is 1. The van der Waals surface area contributed by atoms with Crippen LogP contribution >= 0.6 is 33.9 Å². The van der Waals surface area contributed by atoms with Gasteiger partial charge in [-0.15, -0.1) is 0 Å². The molecule has 1 fully saturated rings. The number of Topliss-reactive ketones (excluding diaryl/α,β-unsaturated/α-hetero) is 1. The first-order chi connectivity index (χ1) is 16.9. The van der Waals surface area contributed by atoms with Crippen molar-refractivity contribution < 1.29 is 23.8 Å². The van der Waals surface area contributed by atoms with Gasteiger partial charge < -0.3 is 9.84 Å². The second-order valence-corrected chi connectivity index (χ2v) is 10.0. The molecule has 1 aliphatic rings. The van der Waals surface area contributed by atoms with Crippen LogP contribution in [0.1, 0.15) is 24.1 Å². The van der Waals surface area contributed by atoms with Crippen LogP contribution in [0.5, 0.6) is 5.75 Å². The largest absolute Gasteiger partial charge is 0.507 e. The van der Waals surface area contributed by atoms with Crippen molar-refractivity contribution in [2.24, 2.45) is 0 Å². The van der Waals surface area contributed by atoms with Crippen molar-refractivity contribution in [2.75, 3.05) is 11.5 Å². The number of ketones is 1. The molecule has 35 heavy (non-hydrogen) atoms. The zero-order chi connectivity index (χ0) is 24.7. The van der Waals surface area contributed by atoms with Gasteiger partial charge in [-0.2, -0.15) is 0 Å². The maximum absolute atomic E-state index is 13.8. The molecule has 1 aromatic heterocycles. The van der Waals surface area contributed by atoms with Crippen molar-refractivity contribution >= 4 is 66.7 Å². The summed E-state index contributed by atoms with van der Waals surface area (Å²) in [6, 6.07) is 17.3. The molecule has 0 saturated carbocycles. The number of anilines is 1. The van der Waals surface area contributed by atoms with Crippen LogP contribution < -0.4 is 9.64 Å². The Kier molecular flexibility index (Phi) is 6.28. The number of aliphatic hydroxyl groups excluding tert-OH is 1. The molecule has 2 heterocycles. The third-order valence-corrected chi connectivity index (χ3v) is 7.35. The van der Waals surface area contributed by atoms with Crippen LogP contribution in [0, 0.1) is 9.39 Å². The number of nitrogens with zero attached hydrogens (tertiary/aromatic N) is 2. The van der Waals surface area contributed by atoms with Crippen LogP contribution in [-0.2, 0) is 9.59 Å². The van der Waals surface area contributed by atoms with Gasteiger partial charge in [0.2, 0.25) is 0 Å². The number of halogens is 2. The van der Waals surface area contributed by atoms with Crippen molar-refractivity contribution in [1.29, 1.82) is 0 Å². The fourth-order valence-corrected chi connectivity index (χ4v) is 5.39. The van der Waals surface area contributed by atoms with E-state index in [0.29, 0.717) is 33.7 Å². The van der Waals surface area contributed by atoms with E-state index in [1.807, 2.05) is 31.2 Å². The predicted octanol–water partition coefficient (Wildman–Crippen LogP) is 6.07. The molecule has 1 saturated heterocycles. The monoisotopic (exact) mass is 600 g/mol. The van der Waals surface area contributed by atoms with Gasteiger partial charge >= 0.3 is 5.91 Å². The Labute approximate surface area is 217 Å². The molecule has 1 amide bonds. The van der Waals surface area contributed by atoms with E-state index in [9.17, 15) is 19.1 Å². The molecule has 0 aliphatic carbocycles. The number of aromatic nitrogens is 1. The second-order valence-electron chi connectivity index (χ2n) is 7.79. The lowest BCUT2D eigenvalue weighted by molar-refractivity contribution is -0.132. The third-order valence-electron chi connectivity index (χ3n) is 5.61. The van der Waals surface area contributed by atoms with Gasteiger partial charge in [0, 0.05) is 9.13 Å². The highest BCUT2D eigenvalue weighted by molar-refractivity contribution is 14.1. The summed E-state index contributed by atoms with van der Waals surface area (Å²) in [7, 11) is 0. The summed E-state index contributed by atoms with van der Waals surface area (Å²) in [6.45, 7) is 2.36. The Bertz CT molecular complexity index is 1480. The van der Waals surface area contributed by atoms with E-state index in [1.54, 1.807) is 24.3 Å². The summed E-state index contributed by atoms with van der Waals surface area (Å²) in [5, 5.41) is 11.5. The summed E-state index contributed by atoms with van der Waals surface area (Å²) >= 11 is 3.28. The maximum Gasteiger partial charge on any atom is 0.301 e. The minimum atomic E-state index is -0.899. The van der Waals surface area contributed by atoms with E-state index in [1.165, 1.54) is 23.1 Å². The lowest BCUT2D eigenvalue weighted by Gasteiger charge is -2.23. The zero-order valence-corrected chi connectivity index (χ0v) is 21.3. The first-order valence-corrected chi connectivity index (χ1v) is 12.6. The number of aliphatic hydroxyl groups is 1. The first-order valence-electron chi connectivity index (χ1n) is 10.7. The number of carbonyl (C=O) groups excluding carboxylic acids is 2. The summed E-state index contributed by atoms with van der Waals surface area (Å²) < 4.78 is 20.8. The average Bonchev–Trinajstić information content (AvgIpc) is 3.37. The molecule has 5 rings (SSSR count). The number of carbonyl (C=O) groups is 2. The van der Waals surface area contributed by atoms with Gasteiger partial charge in [0.05, 0.1) is 28.4 Å². The van der Waals surface area contributed by atoms with Crippen LogP contribution in [0.4, 0.5) is 9.52 Å². The molecule has 1 N–H and O–H groups in total. The van der Waals surface area contributed by atoms with E-state index in [-0.39, 0.29) is 16.5 Å². The Hall–Kier alpha value is -3.31. The van der Waals surface area contributed by atoms with Gasteiger partial charge in [0.15, 0.2) is 5.13 Å². The summed E-state index contributed by atoms with van der Waals surface area (Å²) in [6.07, 6.45) is 0. The van der Waals surface area contributed by atoms with Gasteiger partial charge in [-0.3, -0.25) is 14.5 Å². The number of hydrogen-bond acceptors (Lipinski definition) is 6. The zero-order valence-electron chi connectivity index (χ0n) is 18.4. The fraction of sp³-hybridized carbons (Fsp3) is 0.115. The second kappa shape index (κ2) is 9.38. The van der Waals surface area contributed by atoms with Crippen LogP contribution in [0.2, 0.25) is 0 Å². The van der Waals surface area contributed by atoms with Crippen LogP contribution in [0.15, 0.2) is 72.3 Å². The van der Waals surface area contributed by atoms with Crippen molar-refractivity contribution in [3.8, 4) is 5.75 Å². The predicted molar refractivity (Wildman–Crippen MR) is 141 cm³/mol. The number of amides is 1. The standard InChI is InChI=1S/C26H18FIN2O4S/c1-2-34-18-10-5-15(6-11-18)23(31)21-22(14-3-8-17(28)9-4-14)30(25(33)24(21)32)26-29-19-12-7-16(27)13-20(19)35-26/h3-13,22,31H,2H2,1H3. The maximum atomic E-state index is 13.8. The molecular formula is C26H18FIN2O4S. The summed E-state index contributed by atoms with van der Waals surface area (Å²) in [4.78, 5) is 32.3. The lowest BCUT2D eigenvalue weighted by atomic mass is 9.95. The minimum absolute atomic E-state index is 0.0363. The van der Waals surface area contributed by atoms with E-state index < -0.39 is 23.5 Å². The van der Waals surface area contributed by atoms with Gasteiger partial charge in [0.1, 0.15) is 17.3 Å². The Morgan fingerprint density at radius 1 is 1.11 bits per heavy atom. The van der Waals surface area contributed by atoms with Gasteiger partial charge in [-0.1, -0.05) is 23.5 Å². The highest BCUT2D eigenvalue weighted by atomic mass is 127. The molecule has 9 heteroatoms. The average molecular weight is 600 g/mol. The normalized spacial score (nSPS) is 17.3. The summed E-state index contributed by atoms with van der Waals surface area (Å²) in [5.74, 6) is -1.70. The Morgan fingerprint density at radius 3 is 2.51 bits per heavy atom. The molecule has 0 bridgehead atoms. The van der Waals surface area contributed by atoms with Gasteiger partial charge in [0.25, 0.3) is 5.78 Å².